The third kappa shape index (κ3) is 3.70. The van der Waals surface area contributed by atoms with Gasteiger partial charge in [0.1, 0.15) is 0 Å². The van der Waals surface area contributed by atoms with Crippen molar-refractivity contribution in [3.8, 4) is 0 Å². The summed E-state index contributed by atoms with van der Waals surface area (Å²) in [6.07, 6.45) is 1.02. The summed E-state index contributed by atoms with van der Waals surface area (Å²) < 4.78 is 2.26. The number of rotatable bonds is 6. The highest BCUT2D eigenvalue weighted by Gasteiger charge is 2.25. The number of hydrogen-bond acceptors (Lipinski definition) is 4. The van der Waals surface area contributed by atoms with E-state index >= 15 is 0 Å². The first kappa shape index (κ1) is 18.0. The molecule has 1 aliphatic rings. The molecule has 142 valence electrons. The molecule has 1 aromatic heterocycles. The number of hydrogen-bond donors (Lipinski definition) is 1. The number of benzene rings is 2. The number of aliphatic hydroxyl groups is 1. The number of fused-ring (bicyclic) bond motifs is 3. The maximum atomic E-state index is 9.49. The fraction of sp³-hybridized carbons (Fsp3) is 0.409. The molecular formula is C22H28N4O. The highest BCUT2D eigenvalue weighted by Crippen LogP contribution is 2.26. The van der Waals surface area contributed by atoms with E-state index in [0.29, 0.717) is 12.5 Å². The van der Waals surface area contributed by atoms with Crippen LogP contribution in [0.3, 0.4) is 0 Å². The number of aromatic nitrogens is 2. The summed E-state index contributed by atoms with van der Waals surface area (Å²) in [6.45, 7) is 7.80. The van der Waals surface area contributed by atoms with Crippen molar-refractivity contribution in [2.75, 3.05) is 31.3 Å². The zero-order valence-electron chi connectivity index (χ0n) is 16.2. The average molecular weight is 364 g/mol. The number of β-amino-alcohol motifs (C(OH)–C–C–N with tert-alkyl or cyclic N) is 1. The number of imidazole rings is 1. The Hall–Kier alpha value is -2.37. The highest BCUT2D eigenvalue weighted by molar-refractivity contribution is 5.79. The van der Waals surface area contributed by atoms with E-state index in [-0.39, 0.29) is 6.61 Å². The Morgan fingerprint density at radius 1 is 1.00 bits per heavy atom. The molecule has 0 radical (unpaired) electrons. The predicted molar refractivity (Wildman–Crippen MR) is 110 cm³/mol. The van der Waals surface area contributed by atoms with Crippen LogP contribution in [0.5, 0.6) is 0 Å². The molecule has 0 bridgehead atoms. The first-order chi connectivity index (χ1) is 13.2. The predicted octanol–water partition coefficient (Wildman–Crippen LogP) is 3.43. The summed E-state index contributed by atoms with van der Waals surface area (Å²) in [5.41, 5.74) is 4.93. The Bertz CT molecular complexity index is 900. The quantitative estimate of drug-likeness (QED) is 0.728. The van der Waals surface area contributed by atoms with Crippen molar-refractivity contribution in [2.24, 2.45) is 0 Å². The second kappa shape index (κ2) is 7.71. The zero-order valence-corrected chi connectivity index (χ0v) is 16.2. The molecular weight excluding hydrogens is 336 g/mol. The van der Waals surface area contributed by atoms with Crippen molar-refractivity contribution in [1.82, 2.24) is 14.5 Å². The molecule has 0 fully saturated rings. The summed E-state index contributed by atoms with van der Waals surface area (Å²) in [6, 6.07) is 17.3. The minimum Gasteiger partial charge on any atom is -0.395 e. The third-order valence-corrected chi connectivity index (χ3v) is 5.36. The fourth-order valence-corrected chi connectivity index (χ4v) is 3.78. The smallest absolute Gasteiger partial charge is 0.208 e. The molecule has 1 aliphatic heterocycles. The minimum atomic E-state index is 0.133. The van der Waals surface area contributed by atoms with Crippen LogP contribution >= 0.6 is 0 Å². The average Bonchev–Trinajstić information content (AvgIpc) is 3.06. The number of nitrogens with zero attached hydrogens (tertiary/aromatic N) is 4. The lowest BCUT2D eigenvalue weighted by atomic mass is 10.0. The molecule has 0 aliphatic carbocycles. The maximum absolute atomic E-state index is 9.49. The summed E-state index contributed by atoms with van der Waals surface area (Å²) >= 11 is 0. The molecule has 0 saturated heterocycles. The zero-order chi connectivity index (χ0) is 18.8. The number of para-hydroxylation sites is 2. The molecule has 0 unspecified atom stereocenters. The molecule has 0 atom stereocenters. The van der Waals surface area contributed by atoms with Gasteiger partial charge in [-0.25, -0.2) is 4.98 Å². The second-order valence-electron chi connectivity index (χ2n) is 7.64. The minimum absolute atomic E-state index is 0.133. The van der Waals surface area contributed by atoms with Gasteiger partial charge in [-0.05, 0) is 35.6 Å². The van der Waals surface area contributed by atoms with Gasteiger partial charge >= 0.3 is 0 Å². The molecule has 0 saturated carbocycles. The van der Waals surface area contributed by atoms with E-state index in [9.17, 15) is 5.11 Å². The molecule has 0 spiro atoms. The normalized spacial score (nSPS) is 14.9. The largest absolute Gasteiger partial charge is 0.395 e. The lowest BCUT2D eigenvalue weighted by Crippen LogP contribution is -2.46. The second-order valence-corrected chi connectivity index (χ2v) is 7.64. The van der Waals surface area contributed by atoms with Crippen LogP contribution in [0.1, 0.15) is 30.9 Å². The van der Waals surface area contributed by atoms with Gasteiger partial charge in [-0.3, -0.25) is 9.47 Å². The van der Waals surface area contributed by atoms with Crippen LogP contribution in [0.4, 0.5) is 5.95 Å². The molecule has 3 aromatic rings. The van der Waals surface area contributed by atoms with E-state index in [0.717, 1.165) is 43.3 Å². The van der Waals surface area contributed by atoms with E-state index in [1.54, 1.807) is 0 Å². The molecule has 27 heavy (non-hydrogen) atoms. The Kier molecular flexibility index (Phi) is 5.14. The molecule has 0 amide bonds. The first-order valence-corrected chi connectivity index (χ1v) is 9.78. The van der Waals surface area contributed by atoms with Gasteiger partial charge in [0, 0.05) is 13.1 Å². The molecule has 2 aromatic carbocycles. The lowest BCUT2D eigenvalue weighted by Gasteiger charge is -2.37. The van der Waals surface area contributed by atoms with Crippen molar-refractivity contribution in [1.29, 1.82) is 0 Å². The standard InChI is InChI=1S/C22H28N4O/c1-17(2)19-9-7-18(8-10-19)11-12-24-15-25(13-14-27)22-23-20-5-3-4-6-21(20)26(22)16-24/h3-10,17,27H,11-16H2,1-2H3. The van der Waals surface area contributed by atoms with E-state index in [1.165, 1.54) is 11.1 Å². The third-order valence-electron chi connectivity index (χ3n) is 5.36. The summed E-state index contributed by atoms with van der Waals surface area (Å²) in [5, 5.41) is 9.49. The van der Waals surface area contributed by atoms with E-state index in [1.807, 2.05) is 6.07 Å². The SMILES string of the molecule is CC(C)c1ccc(CCN2CN(CCO)c3nc4ccccc4n3C2)cc1. The Labute approximate surface area is 160 Å². The number of aliphatic hydroxyl groups excluding tert-OH is 1. The van der Waals surface area contributed by atoms with E-state index in [4.69, 9.17) is 4.98 Å². The van der Waals surface area contributed by atoms with Crippen molar-refractivity contribution in [2.45, 2.75) is 32.9 Å². The Morgan fingerprint density at radius 3 is 2.52 bits per heavy atom. The summed E-state index contributed by atoms with van der Waals surface area (Å²) in [4.78, 5) is 9.38. The van der Waals surface area contributed by atoms with Gasteiger partial charge in [-0.2, -0.15) is 0 Å². The van der Waals surface area contributed by atoms with Crippen LogP contribution in [-0.2, 0) is 13.1 Å². The molecule has 2 heterocycles. The highest BCUT2D eigenvalue weighted by atomic mass is 16.3. The van der Waals surface area contributed by atoms with Gasteiger partial charge in [0.25, 0.3) is 0 Å². The van der Waals surface area contributed by atoms with Gasteiger partial charge in [0.2, 0.25) is 5.95 Å². The Balaban J connectivity index is 1.51. The molecule has 5 heteroatoms. The molecule has 1 N–H and O–H groups in total. The van der Waals surface area contributed by atoms with Gasteiger partial charge in [-0.15, -0.1) is 0 Å². The summed E-state index contributed by atoms with van der Waals surface area (Å²) in [5.74, 6) is 1.53. The van der Waals surface area contributed by atoms with Crippen LogP contribution in [0.15, 0.2) is 48.5 Å². The van der Waals surface area contributed by atoms with Crippen LogP contribution in [-0.4, -0.2) is 45.9 Å². The first-order valence-electron chi connectivity index (χ1n) is 9.78. The number of anilines is 1. The topological polar surface area (TPSA) is 44.5 Å². The van der Waals surface area contributed by atoms with Gasteiger partial charge in [-0.1, -0.05) is 50.2 Å². The maximum Gasteiger partial charge on any atom is 0.208 e. The van der Waals surface area contributed by atoms with Gasteiger partial charge in [0.15, 0.2) is 0 Å². The molecule has 4 rings (SSSR count). The monoisotopic (exact) mass is 364 g/mol. The van der Waals surface area contributed by atoms with Crippen molar-refractivity contribution in [3.05, 3.63) is 59.7 Å². The van der Waals surface area contributed by atoms with Gasteiger partial charge in [0.05, 0.1) is 31.0 Å². The fourth-order valence-electron chi connectivity index (χ4n) is 3.78. The van der Waals surface area contributed by atoms with Crippen LogP contribution < -0.4 is 4.90 Å². The van der Waals surface area contributed by atoms with Crippen LogP contribution in [0.2, 0.25) is 0 Å². The van der Waals surface area contributed by atoms with E-state index < -0.39 is 0 Å². The van der Waals surface area contributed by atoms with Crippen molar-refractivity contribution in [3.63, 3.8) is 0 Å². The van der Waals surface area contributed by atoms with Gasteiger partial charge < -0.3 is 10.0 Å². The molecule has 5 nitrogen and oxygen atoms in total. The van der Waals surface area contributed by atoms with Crippen LogP contribution in [0, 0.1) is 0 Å². The summed E-state index contributed by atoms with van der Waals surface area (Å²) in [7, 11) is 0. The lowest BCUT2D eigenvalue weighted by molar-refractivity contribution is 0.193. The Morgan fingerprint density at radius 2 is 1.78 bits per heavy atom. The van der Waals surface area contributed by atoms with Crippen LogP contribution in [0.25, 0.3) is 11.0 Å². The van der Waals surface area contributed by atoms with Crippen molar-refractivity contribution < 1.29 is 5.11 Å². The van der Waals surface area contributed by atoms with Crippen molar-refractivity contribution >= 4 is 17.0 Å². The van der Waals surface area contributed by atoms with E-state index in [2.05, 4.69) is 70.7 Å².